The Labute approximate surface area is 250 Å². The zero-order chi connectivity index (χ0) is 30.9. The molecule has 3 N–H and O–H groups in total. The molecule has 11 nitrogen and oxygen atoms in total. The average Bonchev–Trinajstić information content (AvgIpc) is 3.60. The van der Waals surface area contributed by atoms with Gasteiger partial charge in [-0.15, -0.1) is 0 Å². The number of benzene rings is 1. The van der Waals surface area contributed by atoms with Crippen LogP contribution < -0.4 is 21.7 Å². The van der Waals surface area contributed by atoms with Gasteiger partial charge in [-0.2, -0.15) is 0 Å². The van der Waals surface area contributed by atoms with Crippen LogP contribution in [0.5, 0.6) is 0 Å². The largest absolute Gasteiger partial charge is 0.460 e. The number of aryl methyl sites for hydroxylation is 1. The van der Waals surface area contributed by atoms with E-state index < -0.39 is 42.6 Å². The summed E-state index contributed by atoms with van der Waals surface area (Å²) in [7, 11) is 0. The lowest BCUT2D eigenvalue weighted by Gasteiger charge is -2.29. The molecule has 3 aliphatic heterocycles. The van der Waals surface area contributed by atoms with E-state index in [4.69, 9.17) is 14.6 Å². The summed E-state index contributed by atoms with van der Waals surface area (Å²) in [4.78, 5) is 61.4. The van der Waals surface area contributed by atoms with E-state index in [-0.39, 0.29) is 36.9 Å². The van der Waals surface area contributed by atoms with Crippen LogP contribution in [0.3, 0.4) is 0 Å². The molecule has 3 aromatic rings. The fourth-order valence-electron chi connectivity index (χ4n) is 7.12. The molecule has 4 atom stereocenters. The van der Waals surface area contributed by atoms with Crippen LogP contribution in [0.2, 0.25) is 0 Å². The van der Waals surface area contributed by atoms with Crippen LogP contribution in [0.25, 0.3) is 22.3 Å². The highest BCUT2D eigenvalue weighted by atomic mass is 19.1. The predicted molar refractivity (Wildman–Crippen MR) is 153 cm³/mol. The maximum atomic E-state index is 15.1. The van der Waals surface area contributed by atoms with Gasteiger partial charge in [0.15, 0.2) is 6.61 Å². The third kappa shape index (κ3) is 4.40. The van der Waals surface area contributed by atoms with Gasteiger partial charge >= 0.3 is 5.97 Å². The first-order valence-corrected chi connectivity index (χ1v) is 14.8. The van der Waals surface area contributed by atoms with Crippen molar-refractivity contribution in [1.29, 1.82) is 0 Å². The number of nitrogens with one attached hydrogen (secondary N) is 3. The van der Waals surface area contributed by atoms with Gasteiger partial charge in [-0.05, 0) is 67.5 Å². The number of ether oxygens (including phenoxy) is 1. The molecule has 1 aromatic carbocycles. The second-order valence-electron chi connectivity index (χ2n) is 11.8. The fraction of sp³-hybridized carbons (Fsp3) is 0.452. The molecule has 7 rings (SSSR count). The fourth-order valence-corrected chi connectivity index (χ4v) is 7.12. The number of hydroxylamine groups is 1. The number of carbonyl (C=O) groups excluding carboxylic acids is 3. The molecule has 0 unspecified atom stereocenters. The number of nitrogens with zero attached hydrogens (tertiary/aromatic N) is 2. The molecule has 230 valence electrons. The Balaban J connectivity index is 1.25. The van der Waals surface area contributed by atoms with Crippen molar-refractivity contribution in [3.05, 3.63) is 61.7 Å². The molecule has 1 aliphatic carbocycles. The number of rotatable bonds is 6. The van der Waals surface area contributed by atoms with Crippen LogP contribution in [0, 0.1) is 12.7 Å². The highest BCUT2D eigenvalue weighted by molar-refractivity contribution is 5.94. The summed E-state index contributed by atoms with van der Waals surface area (Å²) in [5.74, 6) is -2.54. The van der Waals surface area contributed by atoms with Crippen LogP contribution in [-0.4, -0.2) is 52.7 Å². The molecule has 0 saturated carbocycles. The van der Waals surface area contributed by atoms with Crippen molar-refractivity contribution < 1.29 is 32.7 Å². The Morgan fingerprint density at radius 2 is 2.02 bits per heavy atom. The summed E-state index contributed by atoms with van der Waals surface area (Å²) >= 11 is 0. The molecule has 0 spiro atoms. The molecule has 5 heterocycles. The van der Waals surface area contributed by atoms with Gasteiger partial charge in [0.25, 0.3) is 11.5 Å². The number of cyclic esters (lactones) is 1. The Bertz CT molecular complexity index is 1820. The number of pyridine rings is 2. The number of aromatic nitrogens is 2. The molecule has 2 amide bonds. The minimum atomic E-state index is -1.33. The lowest BCUT2D eigenvalue weighted by Crippen LogP contribution is -2.45. The first kappa shape index (κ1) is 28.5. The summed E-state index contributed by atoms with van der Waals surface area (Å²) in [5, 5.41) is 6.47. The number of amides is 2. The monoisotopic (exact) mass is 607 g/mol. The molecule has 4 aliphatic rings. The highest BCUT2D eigenvalue weighted by Crippen LogP contribution is 2.45. The van der Waals surface area contributed by atoms with Gasteiger partial charge in [0, 0.05) is 17.0 Å². The Hall–Kier alpha value is -4.23. The van der Waals surface area contributed by atoms with Gasteiger partial charge in [0.05, 0.1) is 41.0 Å². The SMILES string of the molecule is CC[C@H]1C(=O)OCc2c1cc1n(c2=O)Cc2c-1nc1cc(F)c(C)c3c1c2[C@@H](NC(=O)CONC(=O)[C@@H]1NCC[C@@H]1F)CC3. The second-order valence-corrected chi connectivity index (χ2v) is 11.8. The van der Waals surface area contributed by atoms with Crippen LogP contribution >= 0.6 is 0 Å². The number of hydrogen-bond donors (Lipinski definition) is 3. The zero-order valence-corrected chi connectivity index (χ0v) is 24.2. The van der Waals surface area contributed by atoms with Gasteiger partial charge in [-0.25, -0.2) is 19.2 Å². The van der Waals surface area contributed by atoms with Crippen molar-refractivity contribution in [3.63, 3.8) is 0 Å². The lowest BCUT2D eigenvalue weighted by molar-refractivity contribution is -0.148. The van der Waals surface area contributed by atoms with E-state index >= 15 is 4.39 Å². The number of esters is 1. The Morgan fingerprint density at radius 3 is 2.77 bits per heavy atom. The van der Waals surface area contributed by atoms with Gasteiger partial charge in [-0.3, -0.25) is 24.0 Å². The first-order chi connectivity index (χ1) is 21.2. The zero-order valence-electron chi connectivity index (χ0n) is 24.2. The van der Waals surface area contributed by atoms with Crippen molar-refractivity contribution in [2.24, 2.45) is 0 Å². The first-order valence-electron chi connectivity index (χ1n) is 14.8. The summed E-state index contributed by atoms with van der Waals surface area (Å²) in [6, 6.07) is 1.65. The number of alkyl halides is 1. The smallest absolute Gasteiger partial charge is 0.313 e. The lowest BCUT2D eigenvalue weighted by atomic mass is 9.81. The van der Waals surface area contributed by atoms with Crippen LogP contribution in [0.15, 0.2) is 16.9 Å². The molecule has 2 aromatic heterocycles. The highest BCUT2D eigenvalue weighted by Gasteiger charge is 2.38. The molecular weight excluding hydrogens is 576 g/mol. The molecule has 13 heteroatoms. The van der Waals surface area contributed by atoms with Crippen molar-refractivity contribution in [2.75, 3.05) is 13.2 Å². The van der Waals surface area contributed by atoms with E-state index in [1.54, 1.807) is 11.5 Å². The molecular formula is C31H31F2N5O6. The second kappa shape index (κ2) is 10.7. The average molecular weight is 608 g/mol. The van der Waals surface area contributed by atoms with Gasteiger partial charge in [0.1, 0.15) is 24.6 Å². The van der Waals surface area contributed by atoms with Crippen LogP contribution in [0.4, 0.5) is 8.78 Å². The number of fused-ring (bicyclic) bond motifs is 5. The quantitative estimate of drug-likeness (QED) is 0.224. The van der Waals surface area contributed by atoms with Crippen molar-refractivity contribution >= 4 is 28.7 Å². The van der Waals surface area contributed by atoms with E-state index in [1.165, 1.54) is 6.07 Å². The minimum absolute atomic E-state index is 0.102. The van der Waals surface area contributed by atoms with Crippen molar-refractivity contribution in [1.82, 2.24) is 25.7 Å². The van der Waals surface area contributed by atoms with Gasteiger partial charge < -0.3 is 19.9 Å². The molecule has 0 radical (unpaired) electrons. The maximum Gasteiger partial charge on any atom is 0.313 e. The number of hydrogen-bond acceptors (Lipinski definition) is 8. The minimum Gasteiger partial charge on any atom is -0.460 e. The summed E-state index contributed by atoms with van der Waals surface area (Å²) in [6.07, 6.45) is 0.300. The van der Waals surface area contributed by atoms with Gasteiger partial charge in [0.2, 0.25) is 5.91 Å². The number of halogens is 2. The normalized spacial score (nSPS) is 23.1. The van der Waals surface area contributed by atoms with Crippen molar-refractivity contribution in [2.45, 2.75) is 76.9 Å². The third-order valence-electron chi connectivity index (χ3n) is 9.34. The van der Waals surface area contributed by atoms with E-state index in [2.05, 4.69) is 16.1 Å². The van der Waals surface area contributed by atoms with E-state index in [0.717, 1.165) is 22.1 Å². The third-order valence-corrected chi connectivity index (χ3v) is 9.34. The van der Waals surface area contributed by atoms with E-state index in [0.29, 0.717) is 59.4 Å². The van der Waals surface area contributed by atoms with E-state index in [1.807, 2.05) is 13.0 Å². The maximum absolute atomic E-state index is 15.1. The summed E-state index contributed by atoms with van der Waals surface area (Å²) in [6.45, 7) is 3.53. The predicted octanol–water partition coefficient (Wildman–Crippen LogP) is 2.27. The Morgan fingerprint density at radius 1 is 1.20 bits per heavy atom. The van der Waals surface area contributed by atoms with Crippen LogP contribution in [-0.2, 0) is 43.5 Å². The standard InChI is InChI=1S/C31H31F2N5O6/c1-3-14-16-8-23-27-17(10-38(23)30(41)18(16)11-43-31(14)42)26-21(5-4-15-13(2)20(33)9-22(36-27)25(15)26)35-24(39)12-44-37-29(40)28-19(32)6-7-34-28/h8-9,14,19,21,28,34H,3-7,10-12H2,1-2H3,(H,35,39)(H,37,40)/t14-,19+,21+,28-/m1/s1. The Kier molecular flexibility index (Phi) is 6.96. The van der Waals surface area contributed by atoms with Crippen molar-refractivity contribution in [3.8, 4) is 11.4 Å². The number of carbonyl (C=O) groups is 3. The topological polar surface area (TPSA) is 141 Å². The summed E-state index contributed by atoms with van der Waals surface area (Å²) in [5.41, 5.74) is 7.18. The van der Waals surface area contributed by atoms with E-state index in [9.17, 15) is 23.6 Å². The van der Waals surface area contributed by atoms with Crippen LogP contribution in [0.1, 0.15) is 71.5 Å². The molecule has 1 saturated heterocycles. The van der Waals surface area contributed by atoms with Gasteiger partial charge in [-0.1, -0.05) is 6.92 Å². The summed E-state index contributed by atoms with van der Waals surface area (Å²) < 4.78 is 35.9. The molecule has 44 heavy (non-hydrogen) atoms. The molecule has 0 bridgehead atoms. The molecule has 1 fully saturated rings.